The topological polar surface area (TPSA) is 24.5 Å². The molecule has 0 spiro atoms. The molecule has 1 fully saturated rings. The second kappa shape index (κ2) is 8.52. The summed E-state index contributed by atoms with van der Waals surface area (Å²) in [6, 6.07) is 12.0. The molecule has 1 saturated heterocycles. The van der Waals surface area contributed by atoms with Crippen LogP contribution in [-0.4, -0.2) is 50.3 Å². The predicted molar refractivity (Wildman–Crippen MR) is 88.6 cm³/mol. The van der Waals surface area contributed by atoms with Crippen molar-refractivity contribution in [1.29, 1.82) is 0 Å². The van der Waals surface area contributed by atoms with E-state index in [2.05, 4.69) is 54.4 Å². The summed E-state index contributed by atoms with van der Waals surface area (Å²) in [5, 5.41) is 3.76. The molecule has 1 N–H and O–H groups in total. The molecule has 3 heteroatoms. The highest BCUT2D eigenvalue weighted by Crippen LogP contribution is 2.19. The van der Waals surface area contributed by atoms with Crippen molar-refractivity contribution < 1.29 is 4.74 Å². The first-order valence-electron chi connectivity index (χ1n) is 8.24. The van der Waals surface area contributed by atoms with Crippen LogP contribution < -0.4 is 5.32 Å². The van der Waals surface area contributed by atoms with E-state index in [0.29, 0.717) is 12.1 Å². The first-order valence-corrected chi connectivity index (χ1v) is 8.24. The van der Waals surface area contributed by atoms with Crippen molar-refractivity contribution in [2.45, 2.75) is 38.8 Å². The fourth-order valence-corrected chi connectivity index (χ4v) is 3.23. The fourth-order valence-electron chi connectivity index (χ4n) is 3.23. The van der Waals surface area contributed by atoms with Crippen LogP contribution in [0.25, 0.3) is 0 Å². The average Bonchev–Trinajstić information content (AvgIpc) is 2.53. The van der Waals surface area contributed by atoms with Crippen LogP contribution in [0.15, 0.2) is 30.3 Å². The summed E-state index contributed by atoms with van der Waals surface area (Å²) in [7, 11) is 1.79. The summed E-state index contributed by atoms with van der Waals surface area (Å²) in [6.07, 6.45) is 2.34. The van der Waals surface area contributed by atoms with Crippen LogP contribution in [0.1, 0.15) is 25.8 Å². The summed E-state index contributed by atoms with van der Waals surface area (Å²) in [4.78, 5) is 2.63. The summed E-state index contributed by atoms with van der Waals surface area (Å²) in [5.41, 5.74) is 1.42. The lowest BCUT2D eigenvalue weighted by Gasteiger charge is -2.43. The minimum absolute atomic E-state index is 0.546. The third-order valence-corrected chi connectivity index (χ3v) is 4.75. The van der Waals surface area contributed by atoms with Gasteiger partial charge in [0.2, 0.25) is 0 Å². The van der Waals surface area contributed by atoms with Crippen LogP contribution in [0.5, 0.6) is 0 Å². The van der Waals surface area contributed by atoms with E-state index in [-0.39, 0.29) is 0 Å². The molecule has 1 aromatic carbocycles. The highest BCUT2D eigenvalue weighted by atomic mass is 16.5. The molecule has 1 aromatic rings. The maximum absolute atomic E-state index is 5.30. The van der Waals surface area contributed by atoms with Crippen LogP contribution in [0.3, 0.4) is 0 Å². The third-order valence-electron chi connectivity index (χ3n) is 4.75. The van der Waals surface area contributed by atoms with Gasteiger partial charge in [-0.15, -0.1) is 0 Å². The monoisotopic (exact) mass is 290 g/mol. The van der Waals surface area contributed by atoms with E-state index in [1.807, 2.05) is 0 Å². The van der Waals surface area contributed by atoms with Crippen LogP contribution in [-0.2, 0) is 11.2 Å². The van der Waals surface area contributed by atoms with E-state index < -0.39 is 0 Å². The van der Waals surface area contributed by atoms with Gasteiger partial charge in [-0.3, -0.25) is 4.90 Å². The van der Waals surface area contributed by atoms with Gasteiger partial charge in [0.1, 0.15) is 0 Å². The van der Waals surface area contributed by atoms with Gasteiger partial charge in [-0.2, -0.15) is 0 Å². The van der Waals surface area contributed by atoms with Crippen molar-refractivity contribution in [2.75, 3.05) is 33.4 Å². The van der Waals surface area contributed by atoms with Crippen molar-refractivity contribution in [2.24, 2.45) is 5.92 Å². The Kier molecular flexibility index (Phi) is 6.68. The number of benzene rings is 1. The van der Waals surface area contributed by atoms with Gasteiger partial charge in [-0.25, -0.2) is 0 Å². The molecule has 118 valence electrons. The van der Waals surface area contributed by atoms with Gasteiger partial charge in [-0.1, -0.05) is 50.6 Å². The average molecular weight is 290 g/mol. The maximum Gasteiger partial charge on any atom is 0.0589 e. The molecule has 0 amide bonds. The van der Waals surface area contributed by atoms with E-state index in [4.69, 9.17) is 4.74 Å². The second-order valence-corrected chi connectivity index (χ2v) is 6.24. The zero-order valence-electron chi connectivity index (χ0n) is 13.7. The molecule has 0 saturated carbocycles. The van der Waals surface area contributed by atoms with Crippen molar-refractivity contribution in [3.05, 3.63) is 35.9 Å². The standard InChI is InChI=1S/C18H30N2O/c1-4-15(2)18-13-19-17(14-20(18)10-11-21-3)12-16-8-6-5-7-9-16/h5-9,15,17-19H,4,10-14H2,1-3H3. The maximum atomic E-state index is 5.30. The normalized spacial score (nSPS) is 24.9. The largest absolute Gasteiger partial charge is 0.383 e. The van der Waals surface area contributed by atoms with Gasteiger partial charge < -0.3 is 10.1 Å². The molecule has 0 radical (unpaired) electrons. The van der Waals surface area contributed by atoms with Crippen LogP contribution in [0.2, 0.25) is 0 Å². The Balaban J connectivity index is 1.95. The number of nitrogens with one attached hydrogen (secondary N) is 1. The molecule has 2 rings (SSSR count). The Morgan fingerprint density at radius 2 is 2.10 bits per heavy atom. The van der Waals surface area contributed by atoms with E-state index in [0.717, 1.165) is 38.6 Å². The number of methoxy groups -OCH3 is 1. The molecule has 1 aliphatic heterocycles. The predicted octanol–water partition coefficient (Wildman–Crippen LogP) is 2.56. The first-order chi connectivity index (χ1) is 10.2. The number of rotatable bonds is 7. The van der Waals surface area contributed by atoms with Crippen LogP contribution >= 0.6 is 0 Å². The van der Waals surface area contributed by atoms with Crippen molar-refractivity contribution in [1.82, 2.24) is 10.2 Å². The highest BCUT2D eigenvalue weighted by Gasteiger charge is 2.30. The Bertz CT molecular complexity index is 395. The fraction of sp³-hybridized carbons (Fsp3) is 0.667. The molecular weight excluding hydrogens is 260 g/mol. The Labute approximate surface area is 129 Å². The van der Waals surface area contributed by atoms with E-state index in [9.17, 15) is 0 Å². The zero-order valence-corrected chi connectivity index (χ0v) is 13.7. The number of nitrogens with zero attached hydrogens (tertiary/aromatic N) is 1. The number of ether oxygens (including phenoxy) is 1. The SMILES string of the molecule is CCC(C)C1CNC(Cc2ccccc2)CN1CCOC. The minimum Gasteiger partial charge on any atom is -0.383 e. The summed E-state index contributed by atoms with van der Waals surface area (Å²) in [6.45, 7) is 8.73. The van der Waals surface area contributed by atoms with Crippen LogP contribution in [0.4, 0.5) is 0 Å². The molecule has 1 heterocycles. The molecule has 0 aliphatic carbocycles. The van der Waals surface area contributed by atoms with Gasteiger partial charge in [-0.05, 0) is 17.9 Å². The Morgan fingerprint density at radius 3 is 2.76 bits per heavy atom. The lowest BCUT2D eigenvalue weighted by atomic mass is 9.93. The molecule has 3 unspecified atom stereocenters. The minimum atomic E-state index is 0.546. The lowest BCUT2D eigenvalue weighted by Crippen LogP contribution is -2.59. The molecule has 0 bridgehead atoms. The second-order valence-electron chi connectivity index (χ2n) is 6.24. The van der Waals surface area contributed by atoms with Gasteiger partial charge in [0, 0.05) is 38.8 Å². The zero-order chi connectivity index (χ0) is 15.1. The van der Waals surface area contributed by atoms with Gasteiger partial charge in [0.05, 0.1) is 6.61 Å². The number of hydrogen-bond donors (Lipinski definition) is 1. The summed E-state index contributed by atoms with van der Waals surface area (Å²) in [5.74, 6) is 0.729. The third kappa shape index (κ3) is 4.80. The van der Waals surface area contributed by atoms with E-state index in [1.165, 1.54) is 12.0 Å². The van der Waals surface area contributed by atoms with E-state index >= 15 is 0 Å². The summed E-state index contributed by atoms with van der Waals surface area (Å²) < 4.78 is 5.30. The van der Waals surface area contributed by atoms with Crippen molar-refractivity contribution in [3.63, 3.8) is 0 Å². The lowest BCUT2D eigenvalue weighted by molar-refractivity contribution is 0.0613. The molecule has 3 nitrogen and oxygen atoms in total. The van der Waals surface area contributed by atoms with Crippen molar-refractivity contribution in [3.8, 4) is 0 Å². The van der Waals surface area contributed by atoms with Gasteiger partial charge >= 0.3 is 0 Å². The van der Waals surface area contributed by atoms with Crippen molar-refractivity contribution >= 4 is 0 Å². The number of piperazine rings is 1. The molecule has 1 aliphatic rings. The quantitative estimate of drug-likeness (QED) is 0.835. The molecule has 3 atom stereocenters. The molecule has 21 heavy (non-hydrogen) atoms. The van der Waals surface area contributed by atoms with E-state index in [1.54, 1.807) is 7.11 Å². The Hall–Kier alpha value is -0.900. The molecular formula is C18H30N2O. The molecule has 0 aromatic heterocycles. The Morgan fingerprint density at radius 1 is 1.33 bits per heavy atom. The smallest absolute Gasteiger partial charge is 0.0589 e. The van der Waals surface area contributed by atoms with Gasteiger partial charge in [0.15, 0.2) is 0 Å². The van der Waals surface area contributed by atoms with Gasteiger partial charge in [0.25, 0.3) is 0 Å². The van der Waals surface area contributed by atoms with Crippen LogP contribution in [0, 0.1) is 5.92 Å². The summed E-state index contributed by atoms with van der Waals surface area (Å²) >= 11 is 0. The number of hydrogen-bond acceptors (Lipinski definition) is 3. The highest BCUT2D eigenvalue weighted by molar-refractivity contribution is 5.16. The first kappa shape index (κ1) is 16.5.